The third-order valence-electron chi connectivity index (χ3n) is 6.74. The van der Waals surface area contributed by atoms with Gasteiger partial charge in [0.25, 0.3) is 0 Å². The number of nitrogens with zero attached hydrogens (tertiary/aromatic N) is 1. The lowest BCUT2D eigenvalue weighted by molar-refractivity contribution is -0.141. The van der Waals surface area contributed by atoms with Gasteiger partial charge < -0.3 is 10.2 Å². The van der Waals surface area contributed by atoms with Crippen molar-refractivity contribution in [2.75, 3.05) is 11.4 Å². The maximum absolute atomic E-state index is 12.7. The lowest BCUT2D eigenvalue weighted by Crippen LogP contribution is -2.61. The summed E-state index contributed by atoms with van der Waals surface area (Å²) in [6.07, 6.45) is 8.08. The fourth-order valence-electron chi connectivity index (χ4n) is 6.23. The minimum absolute atomic E-state index is 0.0965. The first kappa shape index (κ1) is 14.5. The molecule has 4 nitrogen and oxygen atoms in total. The smallest absolute Gasteiger partial charge is 0.316 e. The van der Waals surface area contributed by atoms with E-state index in [0.717, 1.165) is 54.7 Å². The van der Waals surface area contributed by atoms with Gasteiger partial charge in [-0.2, -0.15) is 0 Å². The van der Waals surface area contributed by atoms with Crippen molar-refractivity contribution in [2.45, 2.75) is 50.5 Å². The first-order chi connectivity index (χ1) is 11.6. The third kappa shape index (κ3) is 2.19. The third-order valence-corrected chi connectivity index (χ3v) is 6.74. The van der Waals surface area contributed by atoms with Gasteiger partial charge in [-0.3, -0.25) is 9.59 Å². The summed E-state index contributed by atoms with van der Waals surface area (Å²) in [5, 5.41) is 3.20. The molecule has 0 spiro atoms. The topological polar surface area (TPSA) is 49.4 Å². The predicted molar refractivity (Wildman–Crippen MR) is 91.5 cm³/mol. The van der Waals surface area contributed by atoms with Gasteiger partial charge in [0.15, 0.2) is 0 Å². The van der Waals surface area contributed by atoms with Crippen LogP contribution in [0.4, 0.5) is 5.69 Å². The Morgan fingerprint density at radius 2 is 1.62 bits per heavy atom. The van der Waals surface area contributed by atoms with Crippen LogP contribution in [0.1, 0.15) is 44.1 Å². The highest BCUT2D eigenvalue weighted by Gasteiger charge is 2.52. The Balaban J connectivity index is 1.33. The Kier molecular flexibility index (Phi) is 3.07. The molecule has 0 aromatic heterocycles. The van der Waals surface area contributed by atoms with Gasteiger partial charge in [-0.15, -0.1) is 0 Å². The minimum Gasteiger partial charge on any atom is -0.342 e. The Morgan fingerprint density at radius 3 is 2.29 bits per heavy atom. The normalized spacial score (nSPS) is 35.8. The SMILES string of the molecule is O=C(NC12CC3CC(CC(C3)C1)C2)C(=O)N1CCc2ccccc21. The molecule has 4 heteroatoms. The lowest BCUT2D eigenvalue weighted by Gasteiger charge is -2.56. The molecule has 126 valence electrons. The number of benzene rings is 1. The van der Waals surface area contributed by atoms with Crippen LogP contribution in [0.2, 0.25) is 0 Å². The molecule has 5 aliphatic rings. The second-order valence-corrected chi connectivity index (χ2v) is 8.49. The Bertz CT molecular complexity index is 676. The second-order valence-electron chi connectivity index (χ2n) is 8.49. The minimum atomic E-state index is -0.395. The maximum atomic E-state index is 12.7. The van der Waals surface area contributed by atoms with Crippen molar-refractivity contribution < 1.29 is 9.59 Å². The highest BCUT2D eigenvalue weighted by molar-refractivity contribution is 6.40. The van der Waals surface area contributed by atoms with Crippen molar-refractivity contribution in [2.24, 2.45) is 17.8 Å². The summed E-state index contributed by atoms with van der Waals surface area (Å²) < 4.78 is 0. The van der Waals surface area contributed by atoms with E-state index < -0.39 is 5.91 Å². The van der Waals surface area contributed by atoms with Gasteiger partial charge in [-0.25, -0.2) is 0 Å². The van der Waals surface area contributed by atoms with E-state index in [4.69, 9.17) is 0 Å². The summed E-state index contributed by atoms with van der Waals surface area (Å²) in [7, 11) is 0. The number of hydrogen-bond donors (Lipinski definition) is 1. The molecule has 1 aliphatic heterocycles. The molecule has 1 N–H and O–H groups in total. The molecule has 1 heterocycles. The number of hydrogen-bond acceptors (Lipinski definition) is 2. The number of carbonyl (C=O) groups excluding carboxylic acids is 2. The molecule has 2 amide bonds. The van der Waals surface area contributed by atoms with Crippen molar-refractivity contribution in [3.8, 4) is 0 Å². The zero-order valence-corrected chi connectivity index (χ0v) is 14.0. The number of amides is 2. The van der Waals surface area contributed by atoms with Gasteiger partial charge in [0, 0.05) is 17.8 Å². The van der Waals surface area contributed by atoms with Crippen LogP contribution >= 0.6 is 0 Å². The second kappa shape index (κ2) is 5.08. The molecule has 4 saturated carbocycles. The van der Waals surface area contributed by atoms with Crippen LogP contribution in [0.15, 0.2) is 24.3 Å². The standard InChI is InChI=1S/C20H24N2O2/c23-18(19(24)22-6-5-16-3-1-2-4-17(16)22)21-20-10-13-7-14(11-20)9-15(8-13)12-20/h1-4,13-15H,5-12H2,(H,21,23). The van der Waals surface area contributed by atoms with Crippen LogP contribution in [-0.2, 0) is 16.0 Å². The molecule has 0 unspecified atom stereocenters. The van der Waals surface area contributed by atoms with Gasteiger partial charge in [0.1, 0.15) is 0 Å². The highest BCUT2D eigenvalue weighted by atomic mass is 16.2. The van der Waals surface area contributed by atoms with Crippen molar-refractivity contribution in [3.05, 3.63) is 29.8 Å². The fourth-order valence-corrected chi connectivity index (χ4v) is 6.23. The van der Waals surface area contributed by atoms with Gasteiger partial charge >= 0.3 is 11.8 Å². The molecule has 4 fully saturated rings. The molecular weight excluding hydrogens is 300 g/mol. The van der Waals surface area contributed by atoms with Crippen LogP contribution in [0.5, 0.6) is 0 Å². The van der Waals surface area contributed by atoms with Crippen LogP contribution in [-0.4, -0.2) is 23.9 Å². The van der Waals surface area contributed by atoms with E-state index in [2.05, 4.69) is 5.32 Å². The van der Waals surface area contributed by atoms with Gasteiger partial charge in [0.2, 0.25) is 0 Å². The maximum Gasteiger partial charge on any atom is 0.316 e. The number of rotatable bonds is 1. The molecule has 1 aromatic carbocycles. The monoisotopic (exact) mass is 324 g/mol. The van der Waals surface area contributed by atoms with Crippen LogP contribution in [0.3, 0.4) is 0 Å². The van der Waals surface area contributed by atoms with E-state index in [1.807, 2.05) is 24.3 Å². The van der Waals surface area contributed by atoms with E-state index in [9.17, 15) is 9.59 Å². The van der Waals surface area contributed by atoms with E-state index in [1.54, 1.807) is 4.90 Å². The Morgan fingerprint density at radius 1 is 1.00 bits per heavy atom. The molecule has 1 aromatic rings. The summed E-state index contributed by atoms with van der Waals surface area (Å²) in [6, 6.07) is 7.90. The number of para-hydroxylation sites is 1. The van der Waals surface area contributed by atoms with Crippen molar-refractivity contribution in [1.29, 1.82) is 0 Å². The molecule has 4 bridgehead atoms. The highest BCUT2D eigenvalue weighted by Crippen LogP contribution is 2.55. The van der Waals surface area contributed by atoms with Crippen molar-refractivity contribution in [1.82, 2.24) is 5.32 Å². The molecular formula is C20H24N2O2. The number of anilines is 1. The zero-order valence-electron chi connectivity index (χ0n) is 14.0. The molecule has 0 atom stereocenters. The first-order valence-corrected chi connectivity index (χ1v) is 9.34. The number of fused-ring (bicyclic) bond motifs is 1. The van der Waals surface area contributed by atoms with Crippen molar-refractivity contribution >= 4 is 17.5 Å². The summed E-state index contributed by atoms with van der Waals surface area (Å²) in [6.45, 7) is 0.618. The summed E-state index contributed by atoms with van der Waals surface area (Å²) in [5.74, 6) is 1.52. The number of carbonyl (C=O) groups is 2. The number of nitrogens with one attached hydrogen (secondary N) is 1. The average molecular weight is 324 g/mol. The first-order valence-electron chi connectivity index (χ1n) is 9.34. The lowest BCUT2D eigenvalue weighted by atomic mass is 9.53. The average Bonchev–Trinajstić information content (AvgIpc) is 2.96. The van der Waals surface area contributed by atoms with E-state index in [0.29, 0.717) is 6.54 Å². The largest absolute Gasteiger partial charge is 0.342 e. The van der Waals surface area contributed by atoms with Gasteiger partial charge in [-0.05, 0) is 74.3 Å². The van der Waals surface area contributed by atoms with Crippen LogP contribution < -0.4 is 10.2 Å². The molecule has 4 aliphatic carbocycles. The van der Waals surface area contributed by atoms with Gasteiger partial charge in [-0.1, -0.05) is 18.2 Å². The Hall–Kier alpha value is -1.84. The van der Waals surface area contributed by atoms with Crippen LogP contribution in [0.25, 0.3) is 0 Å². The summed E-state index contributed by atoms with van der Waals surface area (Å²) in [4.78, 5) is 27.1. The summed E-state index contributed by atoms with van der Waals surface area (Å²) >= 11 is 0. The van der Waals surface area contributed by atoms with Crippen molar-refractivity contribution in [3.63, 3.8) is 0 Å². The van der Waals surface area contributed by atoms with Crippen LogP contribution in [0, 0.1) is 17.8 Å². The van der Waals surface area contributed by atoms with E-state index >= 15 is 0 Å². The van der Waals surface area contributed by atoms with Gasteiger partial charge in [0.05, 0.1) is 0 Å². The van der Waals surface area contributed by atoms with E-state index in [-0.39, 0.29) is 11.4 Å². The van der Waals surface area contributed by atoms with E-state index in [1.165, 1.54) is 19.3 Å². The predicted octanol–water partition coefficient (Wildman–Crippen LogP) is 2.66. The summed E-state index contributed by atoms with van der Waals surface area (Å²) in [5.41, 5.74) is 1.97. The fraction of sp³-hybridized carbons (Fsp3) is 0.600. The molecule has 6 rings (SSSR count). The Labute approximate surface area is 142 Å². The molecule has 0 saturated heterocycles. The quantitative estimate of drug-likeness (QED) is 0.808. The zero-order chi connectivity index (χ0) is 16.3. The molecule has 0 radical (unpaired) electrons. The molecule has 24 heavy (non-hydrogen) atoms.